The average Bonchev–Trinajstić information content (AvgIpc) is 2.63. The summed E-state index contributed by atoms with van der Waals surface area (Å²) in [5, 5.41) is 8.68. The predicted molar refractivity (Wildman–Crippen MR) is 64.4 cm³/mol. The minimum atomic E-state index is -4.55. The fraction of sp³-hybridized carbons (Fsp3) is 0.385. The number of aliphatic hydroxyl groups excluding tert-OH is 1. The number of hydrogen-bond donors (Lipinski definition) is 1. The van der Waals surface area contributed by atoms with E-state index in [9.17, 15) is 22.8 Å². The first kappa shape index (κ1) is 14.5. The van der Waals surface area contributed by atoms with Crippen LogP contribution in [0.25, 0.3) is 0 Å². The van der Waals surface area contributed by atoms with Gasteiger partial charge in [-0.25, -0.2) is 0 Å². The number of benzene rings is 1. The number of halogens is 3. The molecule has 7 heteroatoms. The van der Waals surface area contributed by atoms with Crippen molar-refractivity contribution in [2.24, 2.45) is 0 Å². The summed E-state index contributed by atoms with van der Waals surface area (Å²) < 4.78 is 37.8. The Labute approximate surface area is 112 Å². The lowest BCUT2D eigenvalue weighted by Crippen LogP contribution is -2.30. The van der Waals surface area contributed by atoms with Crippen LogP contribution in [-0.2, 0) is 11.0 Å². The lowest BCUT2D eigenvalue weighted by atomic mass is 10.1. The average molecular weight is 287 g/mol. The van der Waals surface area contributed by atoms with E-state index in [4.69, 9.17) is 5.11 Å². The summed E-state index contributed by atoms with van der Waals surface area (Å²) in [6.45, 7) is 0.152. The molecular formula is C13H12F3NO3. The van der Waals surface area contributed by atoms with E-state index >= 15 is 0 Å². The molecule has 20 heavy (non-hydrogen) atoms. The number of unbranched alkanes of at least 4 members (excludes halogenated alkanes) is 1. The number of ketones is 1. The fourth-order valence-electron chi connectivity index (χ4n) is 2.08. The molecule has 1 aromatic carbocycles. The van der Waals surface area contributed by atoms with Gasteiger partial charge in [0.15, 0.2) is 0 Å². The monoisotopic (exact) mass is 287 g/mol. The van der Waals surface area contributed by atoms with Gasteiger partial charge < -0.3 is 10.0 Å². The van der Waals surface area contributed by atoms with Crippen LogP contribution in [-0.4, -0.2) is 29.9 Å². The van der Waals surface area contributed by atoms with Gasteiger partial charge in [0.2, 0.25) is 0 Å². The van der Waals surface area contributed by atoms with Crippen molar-refractivity contribution < 1.29 is 27.9 Å². The first-order valence-electron chi connectivity index (χ1n) is 6.04. The summed E-state index contributed by atoms with van der Waals surface area (Å²) >= 11 is 0. The molecule has 0 saturated carbocycles. The molecule has 1 N–H and O–H groups in total. The Morgan fingerprint density at radius 2 is 1.85 bits per heavy atom. The number of fused-ring (bicyclic) bond motifs is 1. The van der Waals surface area contributed by atoms with E-state index in [1.54, 1.807) is 0 Å². The van der Waals surface area contributed by atoms with E-state index in [2.05, 4.69) is 0 Å². The molecule has 108 valence electrons. The molecule has 4 nitrogen and oxygen atoms in total. The third-order valence-electron chi connectivity index (χ3n) is 3.09. The van der Waals surface area contributed by atoms with Crippen molar-refractivity contribution in [2.75, 3.05) is 18.1 Å². The number of nitrogens with zero attached hydrogens (tertiary/aromatic N) is 1. The summed E-state index contributed by atoms with van der Waals surface area (Å²) in [4.78, 5) is 24.6. The van der Waals surface area contributed by atoms with E-state index in [1.807, 2.05) is 0 Å². The number of amides is 1. The highest BCUT2D eigenvalue weighted by Gasteiger charge is 2.38. The Morgan fingerprint density at radius 3 is 2.45 bits per heavy atom. The van der Waals surface area contributed by atoms with Gasteiger partial charge in [-0.2, -0.15) is 13.2 Å². The lowest BCUT2D eigenvalue weighted by molar-refractivity contribution is -0.137. The highest BCUT2D eigenvalue weighted by atomic mass is 19.4. The molecule has 0 spiro atoms. The molecule has 0 aliphatic carbocycles. The van der Waals surface area contributed by atoms with Gasteiger partial charge in [-0.3, -0.25) is 9.59 Å². The third kappa shape index (κ3) is 2.53. The van der Waals surface area contributed by atoms with Gasteiger partial charge >= 0.3 is 6.18 Å². The fourth-order valence-corrected chi connectivity index (χ4v) is 2.08. The van der Waals surface area contributed by atoms with E-state index in [1.165, 1.54) is 0 Å². The highest BCUT2D eigenvalue weighted by molar-refractivity contribution is 6.52. The van der Waals surface area contributed by atoms with E-state index in [-0.39, 0.29) is 24.4 Å². The van der Waals surface area contributed by atoms with E-state index in [0.29, 0.717) is 18.9 Å². The van der Waals surface area contributed by atoms with Gasteiger partial charge in [-0.05, 0) is 31.0 Å². The van der Waals surface area contributed by atoms with Crippen molar-refractivity contribution in [1.82, 2.24) is 0 Å². The maximum absolute atomic E-state index is 12.6. The summed E-state index contributed by atoms with van der Waals surface area (Å²) in [6.07, 6.45) is -3.63. The zero-order chi connectivity index (χ0) is 14.9. The first-order valence-corrected chi connectivity index (χ1v) is 6.04. The van der Waals surface area contributed by atoms with Crippen molar-refractivity contribution in [2.45, 2.75) is 19.0 Å². The molecule has 0 fully saturated rings. The second-order valence-electron chi connectivity index (χ2n) is 4.45. The largest absolute Gasteiger partial charge is 0.416 e. The Kier molecular flexibility index (Phi) is 3.80. The van der Waals surface area contributed by atoms with Crippen LogP contribution in [0.3, 0.4) is 0 Å². The second kappa shape index (κ2) is 5.24. The number of carbonyl (C=O) groups is 2. The quantitative estimate of drug-likeness (QED) is 0.680. The Bertz CT molecular complexity index is 554. The second-order valence-corrected chi connectivity index (χ2v) is 4.45. The van der Waals surface area contributed by atoms with Gasteiger partial charge in [0.1, 0.15) is 0 Å². The minimum Gasteiger partial charge on any atom is -0.396 e. The topological polar surface area (TPSA) is 57.6 Å². The molecule has 1 aliphatic heterocycles. The molecule has 1 aliphatic rings. The van der Waals surface area contributed by atoms with Gasteiger partial charge in [0, 0.05) is 13.2 Å². The molecular weight excluding hydrogens is 275 g/mol. The minimum absolute atomic E-state index is 0.0458. The SMILES string of the molecule is O=C1C(=O)N(CCCCO)c2ccc(C(F)(F)F)cc21. The van der Waals surface area contributed by atoms with E-state index < -0.39 is 23.4 Å². The summed E-state index contributed by atoms with van der Waals surface area (Å²) in [6, 6.07) is 2.70. The number of Topliss-reactive ketones (excluding diaryl/α,β-unsaturated/α-hetero) is 1. The molecule has 2 rings (SSSR count). The predicted octanol–water partition coefficient (Wildman–Crippen LogP) is 2.01. The molecule has 1 aromatic rings. The summed E-state index contributed by atoms with van der Waals surface area (Å²) in [5.41, 5.74) is -0.964. The van der Waals surface area contributed by atoms with Gasteiger partial charge in [-0.1, -0.05) is 0 Å². The van der Waals surface area contributed by atoms with Crippen LogP contribution in [0.4, 0.5) is 18.9 Å². The van der Waals surface area contributed by atoms with Gasteiger partial charge in [0.25, 0.3) is 11.7 Å². The van der Waals surface area contributed by atoms with Gasteiger partial charge in [-0.15, -0.1) is 0 Å². The van der Waals surface area contributed by atoms with Crippen molar-refractivity contribution in [3.63, 3.8) is 0 Å². The molecule has 0 atom stereocenters. The zero-order valence-corrected chi connectivity index (χ0v) is 10.4. The number of hydrogen-bond acceptors (Lipinski definition) is 3. The van der Waals surface area contributed by atoms with Crippen LogP contribution >= 0.6 is 0 Å². The highest BCUT2D eigenvalue weighted by Crippen LogP contribution is 2.36. The zero-order valence-electron chi connectivity index (χ0n) is 10.4. The van der Waals surface area contributed by atoms with Crippen LogP contribution in [0.5, 0.6) is 0 Å². The first-order chi connectivity index (χ1) is 9.36. The van der Waals surface area contributed by atoms with Crippen LogP contribution in [0.15, 0.2) is 18.2 Å². The molecule has 0 radical (unpaired) electrons. The van der Waals surface area contributed by atoms with Crippen molar-refractivity contribution in [3.8, 4) is 0 Å². The molecule has 0 saturated heterocycles. The number of alkyl halides is 3. The molecule has 1 amide bonds. The standard InChI is InChI=1S/C13H12F3NO3/c14-13(15,16)8-3-4-10-9(7-8)11(19)12(20)17(10)5-1-2-6-18/h3-4,7,18H,1-2,5-6H2. The third-order valence-corrected chi connectivity index (χ3v) is 3.09. The maximum Gasteiger partial charge on any atom is 0.416 e. The van der Waals surface area contributed by atoms with Crippen molar-refractivity contribution in [3.05, 3.63) is 29.3 Å². The summed E-state index contributed by atoms with van der Waals surface area (Å²) in [7, 11) is 0. The van der Waals surface area contributed by atoms with Crippen LogP contribution in [0, 0.1) is 0 Å². The summed E-state index contributed by atoms with van der Waals surface area (Å²) in [5.74, 6) is -1.74. The molecule has 0 aromatic heterocycles. The van der Waals surface area contributed by atoms with Crippen LogP contribution in [0.1, 0.15) is 28.8 Å². The molecule has 1 heterocycles. The van der Waals surface area contributed by atoms with Crippen LogP contribution < -0.4 is 4.90 Å². The van der Waals surface area contributed by atoms with Crippen LogP contribution in [0.2, 0.25) is 0 Å². The normalized spacial score (nSPS) is 14.9. The van der Waals surface area contributed by atoms with Gasteiger partial charge in [0.05, 0.1) is 16.8 Å². The Balaban J connectivity index is 2.32. The van der Waals surface area contributed by atoms with Crippen molar-refractivity contribution >= 4 is 17.4 Å². The maximum atomic E-state index is 12.6. The number of anilines is 1. The smallest absolute Gasteiger partial charge is 0.396 e. The Hall–Kier alpha value is -1.89. The molecule has 0 unspecified atom stereocenters. The number of aliphatic hydroxyl groups is 1. The van der Waals surface area contributed by atoms with Crippen molar-refractivity contribution in [1.29, 1.82) is 0 Å². The molecule has 0 bridgehead atoms. The number of rotatable bonds is 4. The lowest BCUT2D eigenvalue weighted by Gasteiger charge is -2.16. The number of carbonyl (C=O) groups excluding carboxylic acids is 2. The van der Waals surface area contributed by atoms with E-state index in [0.717, 1.165) is 17.0 Å². The Morgan fingerprint density at radius 1 is 1.15 bits per heavy atom.